The second-order valence-corrected chi connectivity index (χ2v) is 7.26. The molecule has 5 N–H and O–H groups in total. The van der Waals surface area contributed by atoms with Gasteiger partial charge in [-0.3, -0.25) is 0 Å². The molecular weight excluding hydrogens is 498 g/mol. The van der Waals surface area contributed by atoms with Gasteiger partial charge in [-0.15, -0.1) is 0 Å². The van der Waals surface area contributed by atoms with Crippen LogP contribution in [0.15, 0.2) is 6.33 Å². The zero-order chi connectivity index (χ0) is 14.4. The van der Waals surface area contributed by atoms with Crippen LogP contribution in [0.25, 0.3) is 11.2 Å². The molecule has 1 aliphatic carbocycles. The van der Waals surface area contributed by atoms with Gasteiger partial charge in [-0.2, -0.15) is 0 Å². The molecule has 0 bridgehead atoms. The summed E-state index contributed by atoms with van der Waals surface area (Å²) in [4.78, 5) is 12.6. The summed E-state index contributed by atoms with van der Waals surface area (Å²) in [5.41, 5.74) is 6.94. The molecule has 0 aliphatic heterocycles. The summed E-state index contributed by atoms with van der Waals surface area (Å²) in [6, 6.07) is -0.836. The van der Waals surface area contributed by atoms with Crippen LogP contribution in [0.1, 0.15) is 12.5 Å². The molecule has 0 spiro atoms. The fourth-order valence-corrected chi connectivity index (χ4v) is 4.22. The van der Waals surface area contributed by atoms with Gasteiger partial charge in [0.2, 0.25) is 0 Å². The van der Waals surface area contributed by atoms with E-state index in [0.29, 0.717) is 23.4 Å². The number of halogens is 1. The van der Waals surface area contributed by atoms with Crippen LogP contribution in [-0.4, -0.2) is 48.0 Å². The van der Waals surface area contributed by atoms with Gasteiger partial charge in [-0.25, -0.2) is 0 Å². The summed E-state index contributed by atoms with van der Waals surface area (Å²) < 4.78 is 4.84. The first kappa shape index (κ1) is 14.9. The molecule has 0 saturated heterocycles. The maximum atomic E-state index is 10.1. The Bertz CT molecular complexity index is 652. The van der Waals surface area contributed by atoms with Crippen molar-refractivity contribution in [2.45, 2.75) is 30.7 Å². The van der Waals surface area contributed by atoms with Crippen molar-refractivity contribution in [2.24, 2.45) is 5.73 Å². The van der Waals surface area contributed by atoms with E-state index in [9.17, 15) is 10.2 Å². The molecule has 20 heavy (non-hydrogen) atoms. The fraction of sp³-hybridized carbons (Fsp3) is 0.500. The van der Waals surface area contributed by atoms with Crippen molar-refractivity contribution in [3.05, 3.63) is 11.6 Å². The minimum atomic E-state index is -0.949. The van der Waals surface area contributed by atoms with Crippen LogP contribution in [0.2, 0.25) is 5.28 Å². The molecule has 0 unspecified atom stereocenters. The summed E-state index contributed by atoms with van der Waals surface area (Å²) >= 11 is 5.95. The molecule has 1 saturated carbocycles. The number of anilines is 1. The molecular formula is C10H13ClN6O2Ra. The van der Waals surface area contributed by atoms with Gasteiger partial charge in [-0.1, -0.05) is 0 Å². The number of nitrogens with one attached hydrogen (secondary N) is 1. The van der Waals surface area contributed by atoms with Gasteiger partial charge in [0.25, 0.3) is 0 Å². The Morgan fingerprint density at radius 1 is 1.40 bits per heavy atom. The summed E-state index contributed by atoms with van der Waals surface area (Å²) in [6.45, 7) is 0. The predicted octanol–water partition coefficient (Wildman–Crippen LogP) is -0.918. The van der Waals surface area contributed by atoms with E-state index in [-0.39, 0.29) is 54.5 Å². The van der Waals surface area contributed by atoms with E-state index < -0.39 is 18.2 Å². The zero-order valence-corrected chi connectivity index (χ0v) is 19.7. The Hall–Kier alpha value is -0.0125. The normalized spacial score (nSPS) is 29.9. The molecule has 2 aromatic rings. The summed E-state index contributed by atoms with van der Waals surface area (Å²) in [7, 11) is 0. The van der Waals surface area contributed by atoms with Crippen molar-refractivity contribution in [3.8, 4) is 0 Å². The summed E-state index contributed by atoms with van der Waals surface area (Å²) in [5, 5.41) is 20.0. The number of fused-ring (bicyclic) bond motifs is 1. The van der Waals surface area contributed by atoms with Crippen LogP contribution in [-0.2, 0) is 0 Å². The number of aliphatic hydroxyl groups is 2. The number of imidazole rings is 1. The number of nitrogens with two attached hydrogens (primary N) is 1. The average Bonchev–Trinajstić information content (AvgIpc) is 2.94. The van der Waals surface area contributed by atoms with Gasteiger partial charge in [-0.05, 0) is 0 Å². The van der Waals surface area contributed by atoms with Crippen molar-refractivity contribution >= 4 is 28.6 Å². The van der Waals surface area contributed by atoms with E-state index in [2.05, 4.69) is 15.8 Å². The third-order valence-corrected chi connectivity index (χ3v) is 5.80. The van der Waals surface area contributed by atoms with Crippen LogP contribution in [0.3, 0.4) is 0 Å². The molecule has 1 fully saturated rings. The third kappa shape index (κ3) is 2.35. The zero-order valence-electron chi connectivity index (χ0n) is 10.7. The summed E-state index contributed by atoms with van der Waals surface area (Å²) in [6.07, 6.45) is 0.128. The second-order valence-electron chi connectivity index (χ2n) is 4.86. The molecule has 4 atom stereocenters. The molecule has 2 heterocycles. The molecule has 2 aromatic heterocycles. The maximum absolute atomic E-state index is 10.1. The molecule has 8 nitrogen and oxygen atoms in total. The Kier molecular flexibility index (Phi) is 4.21. The van der Waals surface area contributed by atoms with Crippen LogP contribution >= 0.6 is 11.6 Å². The monoisotopic (exact) mass is 510 g/mol. The standard InChI is InChI=1S/C10H12ClN6O2.Ra.H/c11-10-15-8(13)5-9(16-10)17(2-14-5)4-1-3(12)6(18)7(4)19;;/h2-4,6-7,18-19H,1,12H2,(H-,13,15,16);;/q-1;+1;/t3-,4+,6+,7-;;/m0../s1. The van der Waals surface area contributed by atoms with E-state index in [1.165, 1.54) is 0 Å². The van der Waals surface area contributed by atoms with Crippen molar-refractivity contribution in [3.63, 3.8) is 0 Å². The SMILES string of the molecule is N[C@H]1C[C@@H](n2cnc3c([NH][RaH])nc(Cl)nc32)[C@H](O)[C@@H]1O. The first-order valence-corrected chi connectivity index (χ1v) is 10.7. The van der Waals surface area contributed by atoms with Gasteiger partial charge in [0.05, 0.1) is 0 Å². The number of hydrogen-bond acceptors (Lipinski definition) is 7. The summed E-state index contributed by atoms with van der Waals surface area (Å²) in [5.74, 6) is 0.612. The van der Waals surface area contributed by atoms with Gasteiger partial charge < -0.3 is 0 Å². The fourth-order valence-electron chi connectivity index (χ4n) is 2.62. The Labute approximate surface area is 149 Å². The average molecular weight is 511 g/mol. The third-order valence-electron chi connectivity index (χ3n) is 3.68. The van der Waals surface area contributed by atoms with Gasteiger partial charge in [0, 0.05) is 0 Å². The minimum absolute atomic E-state index is 0.0327. The van der Waals surface area contributed by atoms with E-state index in [4.69, 9.17) is 17.3 Å². The predicted molar refractivity (Wildman–Crippen MR) is 69.0 cm³/mol. The van der Waals surface area contributed by atoms with Crippen molar-refractivity contribution in [2.75, 3.05) is 0.848 Å². The number of nitrogens with zero attached hydrogens (tertiary/aromatic N) is 4. The van der Waals surface area contributed by atoms with Crippen molar-refractivity contribution < 1.29 is 53.4 Å². The van der Waals surface area contributed by atoms with Gasteiger partial charge in [0.1, 0.15) is 0 Å². The Morgan fingerprint density at radius 2 is 2.15 bits per heavy atom. The van der Waals surface area contributed by atoms with E-state index in [0.717, 1.165) is 0 Å². The van der Waals surface area contributed by atoms with Crippen LogP contribution in [0, 0.1) is 43.2 Å². The molecule has 0 aromatic carbocycles. The molecule has 1 aliphatic rings. The Morgan fingerprint density at radius 3 is 2.75 bits per heavy atom. The van der Waals surface area contributed by atoms with Crippen molar-refractivity contribution in [1.29, 1.82) is 0 Å². The number of aliphatic hydroxyl groups excluding tert-OH is 2. The number of aromatic nitrogens is 4. The van der Waals surface area contributed by atoms with Gasteiger partial charge >= 0.3 is 150 Å². The Balaban J connectivity index is 2.11. The van der Waals surface area contributed by atoms with E-state index >= 15 is 0 Å². The number of hydrogen-bond donors (Lipinski definition) is 4. The second kappa shape index (κ2) is 5.65. The molecule has 10 heteroatoms. The molecule has 0 radical (unpaired) electrons. The van der Waals surface area contributed by atoms with E-state index in [1.54, 1.807) is 10.9 Å². The van der Waals surface area contributed by atoms with Crippen LogP contribution in [0.4, 0.5) is 5.82 Å². The van der Waals surface area contributed by atoms with Crippen LogP contribution < -0.4 is 6.58 Å². The molecule has 3 rings (SSSR count). The number of rotatable bonds is 2. The quantitative estimate of drug-likeness (QED) is 0.386. The first-order valence-electron chi connectivity index (χ1n) is 6.22. The molecule has 104 valence electrons. The first-order chi connectivity index (χ1) is 9.52. The van der Waals surface area contributed by atoms with E-state index in [1.807, 2.05) is 0 Å². The topological polar surface area (TPSA) is 122 Å². The van der Waals surface area contributed by atoms with Crippen LogP contribution in [0.5, 0.6) is 0 Å². The molecule has 0 amide bonds. The van der Waals surface area contributed by atoms with Gasteiger partial charge in [0.15, 0.2) is 0 Å². The van der Waals surface area contributed by atoms with Crippen molar-refractivity contribution in [1.82, 2.24) is 19.5 Å².